The number of imide groups is 1. The largest absolute Gasteiger partial charge is 0.354 e. The predicted molar refractivity (Wildman–Crippen MR) is 139 cm³/mol. The number of benzene rings is 2. The third-order valence-electron chi connectivity index (χ3n) is 5.33. The molecule has 36 heavy (non-hydrogen) atoms. The van der Waals surface area contributed by atoms with Crippen LogP contribution in [-0.2, 0) is 16.1 Å². The molecule has 0 unspecified atom stereocenters. The summed E-state index contributed by atoms with van der Waals surface area (Å²) in [6, 6.07) is 13.1. The van der Waals surface area contributed by atoms with Crippen molar-refractivity contribution in [3.05, 3.63) is 75.2 Å². The van der Waals surface area contributed by atoms with Crippen molar-refractivity contribution in [2.45, 2.75) is 25.0 Å². The molecule has 1 aliphatic rings. The number of nitrogens with zero attached hydrogens (tertiary/aromatic N) is 3. The van der Waals surface area contributed by atoms with E-state index in [1.54, 1.807) is 41.0 Å². The molecule has 3 amide bonds. The van der Waals surface area contributed by atoms with Crippen molar-refractivity contribution in [1.82, 2.24) is 19.8 Å². The second kappa shape index (κ2) is 11.5. The number of hydrogen-bond acceptors (Lipinski definition) is 7. The average molecular weight is 527 g/mol. The minimum Gasteiger partial charge on any atom is -0.354 e. The van der Waals surface area contributed by atoms with Gasteiger partial charge in [-0.3, -0.25) is 28.6 Å². The van der Waals surface area contributed by atoms with Crippen LogP contribution in [0.3, 0.4) is 0 Å². The van der Waals surface area contributed by atoms with E-state index in [1.165, 1.54) is 18.2 Å². The van der Waals surface area contributed by atoms with Gasteiger partial charge in [0.1, 0.15) is 5.82 Å². The molecule has 3 aromatic rings. The highest BCUT2D eigenvalue weighted by Crippen LogP contribution is 2.32. The van der Waals surface area contributed by atoms with Crippen LogP contribution >= 0.6 is 23.5 Å². The number of hydrogen-bond donors (Lipinski definition) is 1. The molecule has 1 aliphatic heterocycles. The maximum absolute atomic E-state index is 13.9. The fourth-order valence-electron chi connectivity index (χ4n) is 3.59. The summed E-state index contributed by atoms with van der Waals surface area (Å²) in [5.74, 6) is -1.32. The Bertz CT molecular complexity index is 1420. The molecule has 0 aliphatic carbocycles. The number of rotatable bonds is 9. The molecule has 0 saturated carbocycles. The first-order valence-corrected chi connectivity index (χ1v) is 13.1. The lowest BCUT2D eigenvalue weighted by Crippen LogP contribution is -2.37. The quantitative estimate of drug-likeness (QED) is 0.256. The van der Waals surface area contributed by atoms with Gasteiger partial charge in [-0.25, -0.2) is 9.37 Å². The number of nitrogens with one attached hydrogen (secondary N) is 1. The number of carbonyl (C=O) groups is 3. The number of amides is 3. The van der Waals surface area contributed by atoms with Gasteiger partial charge in [0.05, 0.1) is 21.6 Å². The van der Waals surface area contributed by atoms with Gasteiger partial charge in [-0.15, -0.1) is 0 Å². The van der Waals surface area contributed by atoms with Gasteiger partial charge in [-0.05, 0) is 42.5 Å². The van der Waals surface area contributed by atoms with Crippen LogP contribution in [0.2, 0.25) is 0 Å². The second-order valence-corrected chi connectivity index (χ2v) is 9.80. The highest BCUT2D eigenvalue weighted by molar-refractivity contribution is 8.18. The van der Waals surface area contributed by atoms with Crippen molar-refractivity contribution in [1.29, 1.82) is 0 Å². The fourth-order valence-corrected chi connectivity index (χ4v) is 5.30. The minimum absolute atomic E-state index is 0.00947. The monoisotopic (exact) mass is 526 g/mol. The van der Waals surface area contributed by atoms with E-state index in [0.717, 1.165) is 34.8 Å². The Balaban J connectivity index is 1.34. The molecule has 11 heteroatoms. The van der Waals surface area contributed by atoms with E-state index in [9.17, 15) is 23.6 Å². The van der Waals surface area contributed by atoms with Crippen LogP contribution in [0.1, 0.15) is 18.9 Å². The first-order valence-electron chi connectivity index (χ1n) is 11.3. The van der Waals surface area contributed by atoms with Crippen LogP contribution in [0.15, 0.2) is 63.4 Å². The summed E-state index contributed by atoms with van der Waals surface area (Å²) in [7, 11) is 0. The molecule has 2 heterocycles. The fraction of sp³-hybridized carbons (Fsp3) is 0.240. The van der Waals surface area contributed by atoms with Gasteiger partial charge in [0.25, 0.3) is 16.7 Å². The average Bonchev–Trinajstić information content (AvgIpc) is 3.13. The Morgan fingerprint density at radius 1 is 1.11 bits per heavy atom. The Morgan fingerprint density at radius 3 is 2.64 bits per heavy atom. The number of halogens is 1. The Labute approximate surface area is 215 Å². The molecule has 1 N–H and O–H groups in total. The summed E-state index contributed by atoms with van der Waals surface area (Å²) >= 11 is 1.89. The molecule has 1 fully saturated rings. The van der Waals surface area contributed by atoms with E-state index < -0.39 is 17.0 Å². The molecule has 4 rings (SSSR count). The molecule has 0 atom stereocenters. The van der Waals surface area contributed by atoms with Crippen LogP contribution in [0.25, 0.3) is 17.0 Å². The van der Waals surface area contributed by atoms with E-state index in [-0.39, 0.29) is 40.8 Å². The number of thioether (sulfide) groups is 2. The van der Waals surface area contributed by atoms with Crippen LogP contribution in [-0.4, -0.2) is 50.3 Å². The molecule has 1 saturated heterocycles. The van der Waals surface area contributed by atoms with Crippen LogP contribution in [0, 0.1) is 5.82 Å². The predicted octanol–water partition coefficient (Wildman–Crippen LogP) is 3.89. The van der Waals surface area contributed by atoms with Crippen molar-refractivity contribution in [2.24, 2.45) is 0 Å². The molecule has 0 bridgehead atoms. The minimum atomic E-state index is -0.527. The Morgan fingerprint density at radius 2 is 1.86 bits per heavy atom. The van der Waals surface area contributed by atoms with Gasteiger partial charge in [-0.2, -0.15) is 0 Å². The molecule has 0 spiro atoms. The van der Waals surface area contributed by atoms with Gasteiger partial charge in [0.2, 0.25) is 5.91 Å². The lowest BCUT2D eigenvalue weighted by atomic mass is 10.2. The van der Waals surface area contributed by atoms with Crippen molar-refractivity contribution < 1.29 is 18.8 Å². The van der Waals surface area contributed by atoms with Crippen LogP contribution < -0.4 is 10.9 Å². The number of carbonyl (C=O) groups excluding carboxylic acids is 3. The topological polar surface area (TPSA) is 101 Å². The molecule has 1 aromatic heterocycles. The summed E-state index contributed by atoms with van der Waals surface area (Å²) in [4.78, 5) is 55.8. The molecular formula is C25H23FN4O4S2. The normalized spacial score (nSPS) is 14.7. The van der Waals surface area contributed by atoms with Gasteiger partial charge in [-0.1, -0.05) is 49.0 Å². The van der Waals surface area contributed by atoms with Crippen LogP contribution in [0.4, 0.5) is 9.18 Å². The molecular weight excluding hydrogens is 503 g/mol. The number of aromatic nitrogens is 2. The molecule has 186 valence electrons. The third kappa shape index (κ3) is 5.68. The van der Waals surface area contributed by atoms with E-state index in [1.807, 2.05) is 6.92 Å². The molecule has 2 aromatic carbocycles. The van der Waals surface area contributed by atoms with Crippen LogP contribution in [0.5, 0.6) is 0 Å². The zero-order valence-electron chi connectivity index (χ0n) is 19.4. The standard InChI is InChI=1S/C25H23FN4O4S2/c1-2-12-29-22(32)17-8-4-6-10-19(17)28-24(29)35-15-21(31)27-11-13-30-23(33)20(36-25(30)34)14-16-7-3-5-9-18(16)26/h3-10,14H,2,11-13,15H2,1H3,(H,27,31)/b20-14-. The Hall–Kier alpha value is -3.44. The second-order valence-electron chi connectivity index (χ2n) is 7.86. The summed E-state index contributed by atoms with van der Waals surface area (Å²) < 4.78 is 15.5. The van der Waals surface area contributed by atoms with E-state index >= 15 is 0 Å². The van der Waals surface area contributed by atoms with Gasteiger partial charge < -0.3 is 5.32 Å². The SMILES string of the molecule is CCCn1c(SCC(=O)NCCN2C(=O)S/C(=C\c3ccccc3F)C2=O)nc2ccccc2c1=O. The summed E-state index contributed by atoms with van der Waals surface area (Å²) in [6.07, 6.45) is 2.09. The van der Waals surface area contributed by atoms with Crippen molar-refractivity contribution in [3.63, 3.8) is 0 Å². The van der Waals surface area contributed by atoms with Gasteiger partial charge in [0.15, 0.2) is 5.16 Å². The highest BCUT2D eigenvalue weighted by Gasteiger charge is 2.34. The Kier molecular flexibility index (Phi) is 8.21. The zero-order chi connectivity index (χ0) is 25.7. The lowest BCUT2D eigenvalue weighted by Gasteiger charge is -2.14. The first-order chi connectivity index (χ1) is 17.4. The summed E-state index contributed by atoms with van der Waals surface area (Å²) in [6.45, 7) is 2.50. The van der Waals surface area contributed by atoms with E-state index in [0.29, 0.717) is 22.6 Å². The van der Waals surface area contributed by atoms with Crippen molar-refractivity contribution >= 4 is 57.6 Å². The third-order valence-corrected chi connectivity index (χ3v) is 7.21. The lowest BCUT2D eigenvalue weighted by molar-refractivity contribution is -0.123. The van der Waals surface area contributed by atoms with E-state index in [4.69, 9.17) is 0 Å². The highest BCUT2D eigenvalue weighted by atomic mass is 32.2. The van der Waals surface area contributed by atoms with Gasteiger partial charge in [0, 0.05) is 25.2 Å². The number of fused-ring (bicyclic) bond motifs is 1. The maximum atomic E-state index is 13.9. The van der Waals surface area contributed by atoms with E-state index in [2.05, 4.69) is 10.3 Å². The summed E-state index contributed by atoms with van der Waals surface area (Å²) in [5, 5.41) is 3.20. The van der Waals surface area contributed by atoms with Gasteiger partial charge >= 0.3 is 0 Å². The number of para-hydroxylation sites is 1. The summed E-state index contributed by atoms with van der Waals surface area (Å²) in [5.41, 5.74) is 0.644. The molecule has 8 nitrogen and oxygen atoms in total. The molecule has 0 radical (unpaired) electrons. The first kappa shape index (κ1) is 25.6. The van der Waals surface area contributed by atoms with Crippen molar-refractivity contribution in [2.75, 3.05) is 18.8 Å². The zero-order valence-corrected chi connectivity index (χ0v) is 21.0. The smallest absolute Gasteiger partial charge is 0.293 e. The maximum Gasteiger partial charge on any atom is 0.293 e. The van der Waals surface area contributed by atoms with Crippen molar-refractivity contribution in [3.8, 4) is 0 Å².